The van der Waals surface area contributed by atoms with Crippen molar-refractivity contribution in [2.75, 3.05) is 40.1 Å². The van der Waals surface area contributed by atoms with Crippen molar-refractivity contribution in [2.45, 2.75) is 19.9 Å². The van der Waals surface area contributed by atoms with E-state index >= 15 is 0 Å². The SMILES string of the molecule is CCOc1cccc(CN)c1OCCOCCCOC. The third-order valence-electron chi connectivity index (χ3n) is 2.69. The van der Waals surface area contributed by atoms with Crippen LogP contribution in [0.4, 0.5) is 0 Å². The summed E-state index contributed by atoms with van der Waals surface area (Å²) in [4.78, 5) is 0. The van der Waals surface area contributed by atoms with E-state index in [1.165, 1.54) is 0 Å². The van der Waals surface area contributed by atoms with Crippen molar-refractivity contribution in [3.8, 4) is 11.5 Å². The first-order valence-corrected chi connectivity index (χ1v) is 6.97. The van der Waals surface area contributed by atoms with Crippen LogP contribution in [0.1, 0.15) is 18.9 Å². The summed E-state index contributed by atoms with van der Waals surface area (Å²) in [6.07, 6.45) is 0.889. The lowest BCUT2D eigenvalue weighted by atomic mass is 10.2. The van der Waals surface area contributed by atoms with Crippen molar-refractivity contribution in [1.82, 2.24) is 0 Å². The molecule has 0 bridgehead atoms. The van der Waals surface area contributed by atoms with Crippen LogP contribution in [-0.2, 0) is 16.0 Å². The van der Waals surface area contributed by atoms with Gasteiger partial charge in [0.05, 0.1) is 13.2 Å². The fourth-order valence-electron chi connectivity index (χ4n) is 1.77. The average Bonchev–Trinajstić information content (AvgIpc) is 2.47. The maximum atomic E-state index is 5.76. The molecule has 0 aromatic heterocycles. The van der Waals surface area contributed by atoms with Crippen molar-refractivity contribution >= 4 is 0 Å². The topological polar surface area (TPSA) is 62.9 Å². The van der Waals surface area contributed by atoms with Crippen molar-refractivity contribution in [2.24, 2.45) is 5.73 Å². The molecule has 0 spiro atoms. The maximum absolute atomic E-state index is 5.76. The van der Waals surface area contributed by atoms with Gasteiger partial charge in [-0.25, -0.2) is 0 Å². The highest BCUT2D eigenvalue weighted by Gasteiger charge is 2.09. The summed E-state index contributed by atoms with van der Waals surface area (Å²) in [5.41, 5.74) is 6.66. The minimum absolute atomic E-state index is 0.422. The molecule has 0 fully saturated rings. The van der Waals surface area contributed by atoms with Crippen LogP contribution in [0.25, 0.3) is 0 Å². The summed E-state index contributed by atoms with van der Waals surface area (Å²) in [7, 11) is 1.68. The smallest absolute Gasteiger partial charge is 0.165 e. The summed E-state index contributed by atoms with van der Waals surface area (Å²) in [6.45, 7) is 5.36. The zero-order chi connectivity index (χ0) is 14.6. The van der Waals surface area contributed by atoms with Gasteiger partial charge in [-0.1, -0.05) is 12.1 Å². The van der Waals surface area contributed by atoms with E-state index in [9.17, 15) is 0 Å². The zero-order valence-corrected chi connectivity index (χ0v) is 12.4. The number of para-hydroxylation sites is 1. The van der Waals surface area contributed by atoms with Gasteiger partial charge in [-0.15, -0.1) is 0 Å². The minimum atomic E-state index is 0.422. The lowest BCUT2D eigenvalue weighted by Crippen LogP contribution is -2.11. The third-order valence-corrected chi connectivity index (χ3v) is 2.69. The lowest BCUT2D eigenvalue weighted by Gasteiger charge is -2.15. The van der Waals surface area contributed by atoms with E-state index in [1.54, 1.807) is 7.11 Å². The van der Waals surface area contributed by atoms with Crippen LogP contribution in [0.5, 0.6) is 11.5 Å². The number of hydrogen-bond acceptors (Lipinski definition) is 5. The van der Waals surface area contributed by atoms with Gasteiger partial charge in [0.1, 0.15) is 6.61 Å². The summed E-state index contributed by atoms with van der Waals surface area (Å²) >= 11 is 0. The van der Waals surface area contributed by atoms with Gasteiger partial charge in [-0.2, -0.15) is 0 Å². The normalized spacial score (nSPS) is 10.6. The first-order valence-electron chi connectivity index (χ1n) is 6.97. The van der Waals surface area contributed by atoms with E-state index in [0.717, 1.165) is 23.5 Å². The highest BCUT2D eigenvalue weighted by atomic mass is 16.5. The minimum Gasteiger partial charge on any atom is -0.490 e. The van der Waals surface area contributed by atoms with Crippen molar-refractivity contribution in [3.05, 3.63) is 23.8 Å². The molecule has 1 rings (SSSR count). The van der Waals surface area contributed by atoms with Crippen LogP contribution in [0, 0.1) is 0 Å². The molecule has 0 aliphatic rings. The molecule has 0 saturated carbocycles. The zero-order valence-electron chi connectivity index (χ0n) is 12.4. The second-order valence-electron chi connectivity index (χ2n) is 4.19. The Hall–Kier alpha value is -1.30. The molecule has 0 saturated heterocycles. The monoisotopic (exact) mass is 283 g/mol. The molecular formula is C15H25NO4. The Morgan fingerprint density at radius 2 is 1.90 bits per heavy atom. The van der Waals surface area contributed by atoms with Crippen LogP contribution < -0.4 is 15.2 Å². The first-order chi connectivity index (χ1) is 9.83. The molecule has 2 N–H and O–H groups in total. The Labute approximate surface area is 121 Å². The molecule has 0 aliphatic carbocycles. The predicted molar refractivity (Wildman–Crippen MR) is 78.3 cm³/mol. The van der Waals surface area contributed by atoms with Crippen molar-refractivity contribution in [1.29, 1.82) is 0 Å². The van der Waals surface area contributed by atoms with Gasteiger partial charge in [-0.3, -0.25) is 0 Å². The standard InChI is InChI=1S/C15H25NO4/c1-3-19-14-7-4-6-13(12-16)15(14)20-11-10-18-9-5-8-17-2/h4,6-7H,3,5,8-12,16H2,1-2H3. The van der Waals surface area contributed by atoms with E-state index in [1.807, 2.05) is 25.1 Å². The number of ether oxygens (including phenoxy) is 4. The second-order valence-corrected chi connectivity index (χ2v) is 4.19. The van der Waals surface area contributed by atoms with E-state index in [2.05, 4.69) is 0 Å². The van der Waals surface area contributed by atoms with Gasteiger partial charge in [0.15, 0.2) is 11.5 Å². The molecule has 1 aromatic rings. The van der Waals surface area contributed by atoms with E-state index in [-0.39, 0.29) is 0 Å². The van der Waals surface area contributed by atoms with Gasteiger partial charge in [0.25, 0.3) is 0 Å². The number of hydrogen-bond donors (Lipinski definition) is 1. The fraction of sp³-hybridized carbons (Fsp3) is 0.600. The molecule has 0 amide bonds. The van der Waals surface area contributed by atoms with Gasteiger partial charge >= 0.3 is 0 Å². The highest BCUT2D eigenvalue weighted by Crippen LogP contribution is 2.31. The van der Waals surface area contributed by atoms with Crippen molar-refractivity contribution in [3.63, 3.8) is 0 Å². The van der Waals surface area contributed by atoms with Gasteiger partial charge in [0.2, 0.25) is 0 Å². The number of nitrogens with two attached hydrogens (primary N) is 1. The second kappa shape index (κ2) is 10.5. The van der Waals surface area contributed by atoms with E-state index < -0.39 is 0 Å². The van der Waals surface area contributed by atoms with Crippen LogP contribution in [0.2, 0.25) is 0 Å². The summed E-state index contributed by atoms with van der Waals surface area (Å²) in [6, 6.07) is 5.75. The number of methoxy groups -OCH3 is 1. The van der Waals surface area contributed by atoms with Crippen LogP contribution in [-0.4, -0.2) is 40.1 Å². The fourth-order valence-corrected chi connectivity index (χ4v) is 1.77. The first kappa shape index (κ1) is 16.8. The van der Waals surface area contributed by atoms with E-state index in [4.69, 9.17) is 24.7 Å². The Bertz CT molecular complexity index is 371. The molecule has 114 valence electrons. The van der Waals surface area contributed by atoms with Gasteiger partial charge in [-0.05, 0) is 19.4 Å². The third kappa shape index (κ3) is 5.77. The van der Waals surface area contributed by atoms with Crippen LogP contribution in [0.15, 0.2) is 18.2 Å². The molecule has 20 heavy (non-hydrogen) atoms. The molecule has 1 aromatic carbocycles. The average molecular weight is 283 g/mol. The molecule has 0 heterocycles. The molecule has 5 heteroatoms. The summed E-state index contributed by atoms with van der Waals surface area (Å²) < 4.78 is 21.7. The predicted octanol–water partition coefficient (Wildman–Crippen LogP) is 1.98. The summed E-state index contributed by atoms with van der Waals surface area (Å²) in [5.74, 6) is 1.45. The number of benzene rings is 1. The molecule has 5 nitrogen and oxygen atoms in total. The molecule has 0 unspecified atom stereocenters. The molecule has 0 radical (unpaired) electrons. The quantitative estimate of drug-likeness (QED) is 0.629. The number of rotatable bonds is 11. The highest BCUT2D eigenvalue weighted by molar-refractivity contribution is 5.46. The Morgan fingerprint density at radius 3 is 2.60 bits per heavy atom. The molecule has 0 atom stereocenters. The Morgan fingerprint density at radius 1 is 1.05 bits per heavy atom. The lowest BCUT2D eigenvalue weighted by molar-refractivity contribution is 0.0795. The molecular weight excluding hydrogens is 258 g/mol. The largest absolute Gasteiger partial charge is 0.490 e. The Balaban J connectivity index is 2.41. The van der Waals surface area contributed by atoms with Crippen LogP contribution >= 0.6 is 0 Å². The maximum Gasteiger partial charge on any atom is 0.165 e. The molecule has 0 aliphatic heterocycles. The summed E-state index contributed by atoms with van der Waals surface area (Å²) in [5, 5.41) is 0. The Kier molecular flexibility index (Phi) is 8.78. The van der Waals surface area contributed by atoms with Crippen LogP contribution in [0.3, 0.4) is 0 Å². The van der Waals surface area contributed by atoms with Gasteiger partial charge in [0, 0.05) is 32.4 Å². The van der Waals surface area contributed by atoms with Crippen molar-refractivity contribution < 1.29 is 18.9 Å². The van der Waals surface area contributed by atoms with E-state index in [0.29, 0.717) is 39.6 Å². The van der Waals surface area contributed by atoms with Gasteiger partial charge < -0.3 is 24.7 Å².